The molecule has 1 aliphatic heterocycles. The largest absolute Gasteiger partial charge is 0.460 e. The first-order chi connectivity index (χ1) is 11.1. The number of para-hydroxylation sites is 1. The lowest BCUT2D eigenvalue weighted by atomic mass is 9.92. The van der Waals surface area contributed by atoms with E-state index in [0.717, 1.165) is 18.2 Å². The highest BCUT2D eigenvalue weighted by atomic mass is 16.3. The lowest BCUT2D eigenvalue weighted by Gasteiger charge is -2.19. The van der Waals surface area contributed by atoms with Gasteiger partial charge in [-0.05, 0) is 31.9 Å². The van der Waals surface area contributed by atoms with Crippen LogP contribution >= 0.6 is 0 Å². The lowest BCUT2D eigenvalue weighted by Crippen LogP contribution is -2.38. The van der Waals surface area contributed by atoms with Crippen molar-refractivity contribution in [3.63, 3.8) is 0 Å². The van der Waals surface area contributed by atoms with Crippen molar-refractivity contribution < 1.29 is 14.0 Å². The Hall–Kier alpha value is -2.61. The van der Waals surface area contributed by atoms with Crippen LogP contribution in [0.2, 0.25) is 0 Å². The van der Waals surface area contributed by atoms with Gasteiger partial charge in [0, 0.05) is 18.5 Å². The molecule has 1 aromatic heterocycles. The predicted molar refractivity (Wildman–Crippen MR) is 84.6 cm³/mol. The molecular weight excluding hydrogens is 292 g/mol. The van der Waals surface area contributed by atoms with Gasteiger partial charge in [-0.1, -0.05) is 18.2 Å². The summed E-state index contributed by atoms with van der Waals surface area (Å²) in [5.41, 5.74) is 0.696. The van der Waals surface area contributed by atoms with Crippen LogP contribution in [0.15, 0.2) is 34.7 Å². The van der Waals surface area contributed by atoms with Gasteiger partial charge in [-0.2, -0.15) is 5.26 Å². The summed E-state index contributed by atoms with van der Waals surface area (Å²) in [6.45, 7) is 2.94. The first kappa shape index (κ1) is 15.3. The monoisotopic (exact) mass is 310 g/mol. The number of carbonyl (C=O) groups is 2. The fourth-order valence-electron chi connectivity index (χ4n) is 2.97. The highest BCUT2D eigenvalue weighted by molar-refractivity contribution is 6.06. The van der Waals surface area contributed by atoms with E-state index in [9.17, 15) is 14.9 Å². The molecule has 5 heteroatoms. The molecule has 1 aliphatic rings. The Morgan fingerprint density at radius 1 is 1.26 bits per heavy atom. The summed E-state index contributed by atoms with van der Waals surface area (Å²) in [7, 11) is 0. The van der Waals surface area contributed by atoms with Crippen LogP contribution < -0.4 is 0 Å². The van der Waals surface area contributed by atoms with Crippen molar-refractivity contribution in [1.82, 2.24) is 4.90 Å². The zero-order valence-corrected chi connectivity index (χ0v) is 13.0. The fraction of sp³-hybridized carbons (Fsp3) is 0.389. The molecular formula is C18H18N2O3. The average molecular weight is 310 g/mol. The Morgan fingerprint density at radius 2 is 1.96 bits per heavy atom. The van der Waals surface area contributed by atoms with Crippen LogP contribution in [-0.2, 0) is 9.59 Å². The minimum Gasteiger partial charge on any atom is -0.460 e. The summed E-state index contributed by atoms with van der Waals surface area (Å²) in [6.07, 6.45) is 1.86. The molecule has 0 radical (unpaired) electrons. The van der Waals surface area contributed by atoms with Gasteiger partial charge in [-0.3, -0.25) is 9.59 Å². The van der Waals surface area contributed by atoms with Crippen molar-refractivity contribution in [2.45, 2.75) is 25.7 Å². The molecule has 0 N–H and O–H groups in total. The Labute approximate surface area is 134 Å². The maximum Gasteiger partial charge on any atom is 0.247 e. The van der Waals surface area contributed by atoms with E-state index in [4.69, 9.17) is 4.42 Å². The van der Waals surface area contributed by atoms with Crippen LogP contribution in [0, 0.1) is 17.2 Å². The van der Waals surface area contributed by atoms with Gasteiger partial charge in [0.1, 0.15) is 11.3 Å². The second-order valence-electron chi connectivity index (χ2n) is 5.91. The van der Waals surface area contributed by atoms with Gasteiger partial charge in [-0.15, -0.1) is 0 Å². The molecule has 2 aromatic rings. The molecule has 23 heavy (non-hydrogen) atoms. The van der Waals surface area contributed by atoms with Crippen LogP contribution in [0.4, 0.5) is 0 Å². The minimum absolute atomic E-state index is 0.377. The molecule has 1 fully saturated rings. The number of fused-ring (bicyclic) bond motifs is 1. The number of carbonyl (C=O) groups excluding carboxylic acids is 2. The third kappa shape index (κ3) is 2.85. The van der Waals surface area contributed by atoms with Crippen molar-refractivity contribution in [3.05, 3.63) is 36.1 Å². The number of furan rings is 1. The Kier molecular flexibility index (Phi) is 4.16. The van der Waals surface area contributed by atoms with Crippen LogP contribution in [0.5, 0.6) is 0 Å². The van der Waals surface area contributed by atoms with E-state index in [1.165, 1.54) is 0 Å². The third-order valence-corrected chi connectivity index (χ3v) is 4.38. The van der Waals surface area contributed by atoms with Crippen LogP contribution in [0.25, 0.3) is 11.0 Å². The summed E-state index contributed by atoms with van der Waals surface area (Å²) in [5.74, 6) is -2.16. The Bertz CT molecular complexity index is 748. The molecule has 2 atom stereocenters. The SMILES string of the molecule is C[C@@H](C(=O)[C@H](C#N)C(=O)N1CCCC1)c1cc2ccccc2o1. The average Bonchev–Trinajstić information content (AvgIpc) is 3.23. The quantitative estimate of drug-likeness (QED) is 0.814. The van der Waals surface area contributed by atoms with E-state index in [2.05, 4.69) is 0 Å². The Balaban J connectivity index is 1.82. The number of nitrogens with zero attached hydrogens (tertiary/aromatic N) is 2. The molecule has 1 aromatic carbocycles. The fourth-order valence-corrected chi connectivity index (χ4v) is 2.97. The first-order valence-electron chi connectivity index (χ1n) is 7.82. The van der Waals surface area contributed by atoms with Gasteiger partial charge < -0.3 is 9.32 Å². The highest BCUT2D eigenvalue weighted by Gasteiger charge is 2.36. The molecule has 0 aliphatic carbocycles. The summed E-state index contributed by atoms with van der Waals surface area (Å²) < 4.78 is 5.70. The molecule has 1 saturated heterocycles. The van der Waals surface area contributed by atoms with E-state index in [-0.39, 0.29) is 5.91 Å². The van der Waals surface area contributed by atoms with Gasteiger partial charge in [0.2, 0.25) is 5.91 Å². The number of ketones is 1. The molecule has 0 unspecified atom stereocenters. The summed E-state index contributed by atoms with van der Waals surface area (Å²) in [6, 6.07) is 11.2. The van der Waals surface area contributed by atoms with E-state index in [1.807, 2.05) is 30.3 Å². The number of benzene rings is 1. The lowest BCUT2D eigenvalue weighted by molar-refractivity contribution is -0.138. The molecule has 5 nitrogen and oxygen atoms in total. The van der Waals surface area contributed by atoms with E-state index >= 15 is 0 Å². The van der Waals surface area contributed by atoms with Crippen molar-refractivity contribution in [2.75, 3.05) is 13.1 Å². The normalized spacial score (nSPS) is 17.0. The van der Waals surface area contributed by atoms with Crippen molar-refractivity contribution >= 4 is 22.7 Å². The maximum absolute atomic E-state index is 12.6. The van der Waals surface area contributed by atoms with E-state index in [1.54, 1.807) is 17.9 Å². The number of rotatable bonds is 4. The number of nitriles is 1. The molecule has 0 bridgehead atoms. The van der Waals surface area contributed by atoms with Crippen molar-refractivity contribution in [1.29, 1.82) is 5.26 Å². The topological polar surface area (TPSA) is 74.3 Å². The van der Waals surface area contributed by atoms with Gasteiger partial charge in [0.05, 0.1) is 12.0 Å². The number of Topliss-reactive ketones (excluding diaryl/α,β-unsaturated/α-hetero) is 1. The predicted octanol–water partition coefficient (Wildman–Crippen LogP) is 2.87. The third-order valence-electron chi connectivity index (χ3n) is 4.38. The first-order valence-corrected chi connectivity index (χ1v) is 7.82. The van der Waals surface area contributed by atoms with E-state index in [0.29, 0.717) is 24.4 Å². The van der Waals surface area contributed by atoms with Crippen LogP contribution in [-0.4, -0.2) is 29.7 Å². The number of likely N-dealkylation sites (tertiary alicyclic amines) is 1. The zero-order chi connectivity index (χ0) is 16.4. The number of amides is 1. The second-order valence-corrected chi connectivity index (χ2v) is 5.91. The maximum atomic E-state index is 12.6. The molecule has 3 rings (SSSR count). The van der Waals surface area contributed by atoms with E-state index < -0.39 is 17.6 Å². The molecule has 2 heterocycles. The second kappa shape index (κ2) is 6.25. The standard InChI is InChI=1S/C18H18N2O3/c1-12(16-10-13-6-2-3-7-15(13)23-16)17(21)14(11-19)18(22)20-8-4-5-9-20/h2-3,6-7,10,12,14H,4-5,8-9H2,1H3/t12-,14+/m1/s1. The van der Waals surface area contributed by atoms with Crippen LogP contribution in [0.3, 0.4) is 0 Å². The summed E-state index contributed by atoms with van der Waals surface area (Å²) in [4.78, 5) is 26.6. The molecule has 0 spiro atoms. The summed E-state index contributed by atoms with van der Waals surface area (Å²) >= 11 is 0. The minimum atomic E-state index is -1.25. The number of hydrogen-bond donors (Lipinski definition) is 0. The molecule has 1 amide bonds. The van der Waals surface area contributed by atoms with Crippen LogP contribution in [0.1, 0.15) is 31.4 Å². The summed E-state index contributed by atoms with van der Waals surface area (Å²) in [5, 5.41) is 10.2. The molecule has 118 valence electrons. The van der Waals surface area contributed by atoms with Crippen molar-refractivity contribution in [2.24, 2.45) is 5.92 Å². The molecule has 0 saturated carbocycles. The zero-order valence-electron chi connectivity index (χ0n) is 13.0. The van der Waals surface area contributed by atoms with Crippen molar-refractivity contribution in [3.8, 4) is 6.07 Å². The Morgan fingerprint density at radius 3 is 2.61 bits per heavy atom. The van der Waals surface area contributed by atoms with Gasteiger partial charge in [0.25, 0.3) is 0 Å². The number of hydrogen-bond acceptors (Lipinski definition) is 4. The van der Waals surface area contributed by atoms with Gasteiger partial charge >= 0.3 is 0 Å². The van der Waals surface area contributed by atoms with Gasteiger partial charge in [0.15, 0.2) is 11.7 Å². The highest BCUT2D eigenvalue weighted by Crippen LogP contribution is 2.28. The van der Waals surface area contributed by atoms with Gasteiger partial charge in [-0.25, -0.2) is 0 Å². The smallest absolute Gasteiger partial charge is 0.247 e.